The molecular formula is C17H24N4O3S. The average Bonchev–Trinajstić information content (AvgIpc) is 3.01. The SMILES string of the molecule is CC(=O)N1C[C@H]2c3nc(N4CCCC(C)C4)ncc3CS(=O)(=O)[C@H]2C1. The summed E-state index contributed by atoms with van der Waals surface area (Å²) >= 11 is 0. The molecule has 0 aliphatic carbocycles. The quantitative estimate of drug-likeness (QED) is 0.738. The van der Waals surface area contributed by atoms with Crippen molar-refractivity contribution in [1.82, 2.24) is 14.9 Å². The van der Waals surface area contributed by atoms with Gasteiger partial charge in [-0.25, -0.2) is 18.4 Å². The van der Waals surface area contributed by atoms with Crippen LogP contribution < -0.4 is 4.90 Å². The van der Waals surface area contributed by atoms with Gasteiger partial charge < -0.3 is 9.80 Å². The number of fused-ring (bicyclic) bond motifs is 3. The van der Waals surface area contributed by atoms with Gasteiger partial charge in [0.1, 0.15) is 0 Å². The molecule has 0 aromatic carbocycles. The van der Waals surface area contributed by atoms with Gasteiger partial charge in [-0.1, -0.05) is 6.92 Å². The van der Waals surface area contributed by atoms with Crippen LogP contribution in [0.2, 0.25) is 0 Å². The molecule has 7 nitrogen and oxygen atoms in total. The summed E-state index contributed by atoms with van der Waals surface area (Å²) < 4.78 is 25.2. The molecule has 25 heavy (non-hydrogen) atoms. The Morgan fingerprint density at radius 2 is 2.08 bits per heavy atom. The van der Waals surface area contributed by atoms with Crippen LogP contribution >= 0.6 is 0 Å². The summed E-state index contributed by atoms with van der Waals surface area (Å²) in [5.41, 5.74) is 1.52. The van der Waals surface area contributed by atoms with Crippen LogP contribution in [0, 0.1) is 5.92 Å². The molecule has 3 aliphatic rings. The Balaban J connectivity index is 1.71. The maximum atomic E-state index is 12.6. The summed E-state index contributed by atoms with van der Waals surface area (Å²) in [6.45, 7) is 6.31. The molecule has 1 amide bonds. The number of nitrogens with zero attached hydrogens (tertiary/aromatic N) is 4. The zero-order valence-electron chi connectivity index (χ0n) is 14.7. The highest BCUT2D eigenvalue weighted by atomic mass is 32.2. The van der Waals surface area contributed by atoms with Crippen LogP contribution in [0.25, 0.3) is 0 Å². The molecule has 1 aromatic rings. The van der Waals surface area contributed by atoms with E-state index >= 15 is 0 Å². The number of carbonyl (C=O) groups is 1. The number of aromatic nitrogens is 2. The Hall–Kier alpha value is -1.70. The van der Waals surface area contributed by atoms with Crippen molar-refractivity contribution in [2.24, 2.45) is 5.92 Å². The first-order valence-electron chi connectivity index (χ1n) is 8.93. The van der Waals surface area contributed by atoms with Gasteiger partial charge in [0, 0.05) is 50.8 Å². The van der Waals surface area contributed by atoms with E-state index in [0.717, 1.165) is 25.2 Å². The summed E-state index contributed by atoms with van der Waals surface area (Å²) in [5.74, 6) is 0.976. The van der Waals surface area contributed by atoms with Crippen molar-refractivity contribution in [3.63, 3.8) is 0 Å². The second-order valence-corrected chi connectivity index (χ2v) is 9.87. The fraction of sp³-hybridized carbons (Fsp3) is 0.706. The smallest absolute Gasteiger partial charge is 0.225 e. The number of hydrogen-bond donors (Lipinski definition) is 0. The minimum atomic E-state index is -3.27. The fourth-order valence-corrected chi connectivity index (χ4v) is 6.34. The van der Waals surface area contributed by atoms with Crippen LogP contribution in [0.5, 0.6) is 0 Å². The lowest BCUT2D eigenvalue weighted by Gasteiger charge is -2.32. The molecule has 8 heteroatoms. The predicted octanol–water partition coefficient (Wildman–Crippen LogP) is 0.956. The minimum absolute atomic E-state index is 0.0219. The number of hydrogen-bond acceptors (Lipinski definition) is 6. The van der Waals surface area contributed by atoms with Gasteiger partial charge >= 0.3 is 0 Å². The molecule has 1 unspecified atom stereocenters. The highest BCUT2D eigenvalue weighted by Crippen LogP contribution is 2.39. The molecule has 0 bridgehead atoms. The summed E-state index contributed by atoms with van der Waals surface area (Å²) in [6.07, 6.45) is 4.03. The lowest BCUT2D eigenvalue weighted by atomic mass is 9.99. The van der Waals surface area contributed by atoms with E-state index in [1.807, 2.05) is 0 Å². The van der Waals surface area contributed by atoms with E-state index in [-0.39, 0.29) is 24.1 Å². The number of anilines is 1. The van der Waals surface area contributed by atoms with Gasteiger partial charge in [0.05, 0.1) is 16.7 Å². The van der Waals surface area contributed by atoms with Crippen LogP contribution in [0.3, 0.4) is 0 Å². The Labute approximate surface area is 148 Å². The van der Waals surface area contributed by atoms with Crippen molar-refractivity contribution in [1.29, 1.82) is 0 Å². The normalized spacial score (nSPS) is 30.7. The predicted molar refractivity (Wildman–Crippen MR) is 94.0 cm³/mol. The van der Waals surface area contributed by atoms with Crippen molar-refractivity contribution in [2.45, 2.75) is 43.6 Å². The minimum Gasteiger partial charge on any atom is -0.341 e. The molecular weight excluding hydrogens is 340 g/mol. The van der Waals surface area contributed by atoms with Crippen molar-refractivity contribution in [2.75, 3.05) is 31.1 Å². The second kappa shape index (κ2) is 5.93. The van der Waals surface area contributed by atoms with E-state index in [1.165, 1.54) is 13.3 Å². The fourth-order valence-electron chi connectivity index (χ4n) is 4.35. The van der Waals surface area contributed by atoms with E-state index in [0.29, 0.717) is 24.0 Å². The topological polar surface area (TPSA) is 83.5 Å². The van der Waals surface area contributed by atoms with E-state index in [4.69, 9.17) is 4.98 Å². The highest BCUT2D eigenvalue weighted by Gasteiger charge is 2.48. The van der Waals surface area contributed by atoms with Gasteiger partial charge in [-0.05, 0) is 18.8 Å². The van der Waals surface area contributed by atoms with Crippen molar-refractivity contribution >= 4 is 21.7 Å². The third-order valence-corrected chi connectivity index (χ3v) is 7.82. The van der Waals surface area contributed by atoms with Crippen LogP contribution in [-0.4, -0.2) is 60.6 Å². The zero-order valence-corrected chi connectivity index (χ0v) is 15.5. The molecule has 2 fully saturated rings. The van der Waals surface area contributed by atoms with Crippen molar-refractivity contribution in [3.8, 4) is 0 Å². The molecule has 0 N–H and O–H groups in total. The van der Waals surface area contributed by atoms with E-state index in [2.05, 4.69) is 16.8 Å². The van der Waals surface area contributed by atoms with Gasteiger partial charge in [-0.15, -0.1) is 0 Å². The number of amides is 1. The summed E-state index contributed by atoms with van der Waals surface area (Å²) in [5, 5.41) is -0.535. The van der Waals surface area contributed by atoms with Crippen LogP contribution in [0.15, 0.2) is 6.20 Å². The first kappa shape index (κ1) is 16.8. The van der Waals surface area contributed by atoms with Gasteiger partial charge in [0.15, 0.2) is 9.84 Å². The average molecular weight is 364 g/mol. The monoisotopic (exact) mass is 364 g/mol. The molecule has 0 radical (unpaired) electrons. The van der Waals surface area contributed by atoms with Gasteiger partial charge in [0.25, 0.3) is 0 Å². The van der Waals surface area contributed by atoms with Crippen LogP contribution in [0.1, 0.15) is 43.9 Å². The molecule has 1 aromatic heterocycles. The van der Waals surface area contributed by atoms with E-state index in [9.17, 15) is 13.2 Å². The number of rotatable bonds is 1. The lowest BCUT2D eigenvalue weighted by Crippen LogP contribution is -2.38. The number of likely N-dealkylation sites (tertiary alicyclic amines) is 1. The first-order chi connectivity index (χ1) is 11.8. The molecule has 136 valence electrons. The summed E-state index contributed by atoms with van der Waals surface area (Å²) in [4.78, 5) is 24.8. The summed E-state index contributed by atoms with van der Waals surface area (Å²) in [7, 11) is -3.27. The van der Waals surface area contributed by atoms with Crippen LogP contribution in [-0.2, 0) is 20.4 Å². The van der Waals surface area contributed by atoms with Gasteiger partial charge in [-0.2, -0.15) is 0 Å². The Morgan fingerprint density at radius 1 is 1.28 bits per heavy atom. The zero-order chi connectivity index (χ0) is 17.8. The van der Waals surface area contributed by atoms with Crippen LogP contribution in [0.4, 0.5) is 5.95 Å². The van der Waals surface area contributed by atoms with E-state index < -0.39 is 15.1 Å². The summed E-state index contributed by atoms with van der Waals surface area (Å²) in [6, 6.07) is 0. The number of sulfone groups is 1. The maximum Gasteiger partial charge on any atom is 0.225 e. The number of carbonyl (C=O) groups excluding carboxylic acids is 1. The third kappa shape index (κ3) is 2.90. The largest absolute Gasteiger partial charge is 0.341 e. The van der Waals surface area contributed by atoms with Crippen molar-refractivity contribution in [3.05, 3.63) is 17.5 Å². The third-order valence-electron chi connectivity index (χ3n) is 5.71. The van der Waals surface area contributed by atoms with Crippen molar-refractivity contribution < 1.29 is 13.2 Å². The Morgan fingerprint density at radius 3 is 2.80 bits per heavy atom. The molecule has 4 rings (SSSR count). The first-order valence-corrected chi connectivity index (χ1v) is 10.6. The van der Waals surface area contributed by atoms with Gasteiger partial charge in [-0.3, -0.25) is 4.79 Å². The maximum absolute atomic E-state index is 12.6. The standard InChI is InChI=1S/C17H24N4O3S/c1-11-4-3-5-20(7-11)17-18-6-13-10-25(23,24)15-9-21(12(2)22)8-14(15)16(13)19-17/h6,11,14-15H,3-5,7-10H2,1-2H3/t11?,14-,15+/m1/s1. The molecule has 4 heterocycles. The number of piperidine rings is 1. The highest BCUT2D eigenvalue weighted by molar-refractivity contribution is 7.91. The molecule has 2 saturated heterocycles. The second-order valence-electron chi connectivity index (χ2n) is 7.65. The Kier molecular flexibility index (Phi) is 3.97. The Bertz CT molecular complexity index is 810. The molecule has 0 saturated carbocycles. The lowest BCUT2D eigenvalue weighted by molar-refractivity contribution is -0.127. The molecule has 3 aliphatic heterocycles. The molecule has 0 spiro atoms. The van der Waals surface area contributed by atoms with Gasteiger partial charge in [0.2, 0.25) is 11.9 Å². The van der Waals surface area contributed by atoms with E-state index in [1.54, 1.807) is 11.1 Å². The molecule has 3 atom stereocenters.